The molecule has 0 bridgehead atoms. The third kappa shape index (κ3) is 7.98. The van der Waals surface area contributed by atoms with Gasteiger partial charge in [-0.3, -0.25) is 0 Å². The standard InChI is InChI=1S/C19H38N3/c1-3-4-5-6-7-8-9-10-11-12-15-21-17-18-22(19(21)2)16-13-14-20/h17-18H,3-16,20H2,1-2H3/q+1. The highest BCUT2D eigenvalue weighted by molar-refractivity contribution is 4.79. The van der Waals surface area contributed by atoms with Crippen molar-refractivity contribution in [3.63, 3.8) is 0 Å². The quantitative estimate of drug-likeness (QED) is 0.402. The van der Waals surface area contributed by atoms with E-state index in [1.54, 1.807) is 0 Å². The Hall–Kier alpha value is -0.830. The predicted molar refractivity (Wildman–Crippen MR) is 94.9 cm³/mol. The molecule has 0 aliphatic rings. The molecule has 3 heteroatoms. The molecule has 2 N–H and O–H groups in total. The van der Waals surface area contributed by atoms with Crippen LogP contribution in [0.2, 0.25) is 0 Å². The SMILES string of the molecule is CCCCCCCCCCCCn1cc[n+](CCCN)c1C. The van der Waals surface area contributed by atoms with Crippen molar-refractivity contribution < 1.29 is 4.57 Å². The Labute approximate surface area is 137 Å². The van der Waals surface area contributed by atoms with E-state index in [1.807, 2.05) is 0 Å². The molecule has 0 fully saturated rings. The van der Waals surface area contributed by atoms with Crippen molar-refractivity contribution >= 4 is 0 Å². The maximum Gasteiger partial charge on any atom is 0.253 e. The Bertz CT molecular complexity index is 371. The number of hydrogen-bond donors (Lipinski definition) is 1. The lowest BCUT2D eigenvalue weighted by atomic mass is 10.1. The molecule has 0 unspecified atom stereocenters. The van der Waals surface area contributed by atoms with E-state index in [-0.39, 0.29) is 0 Å². The number of nitrogens with two attached hydrogens (primary N) is 1. The Morgan fingerprint density at radius 2 is 1.50 bits per heavy atom. The van der Waals surface area contributed by atoms with Gasteiger partial charge in [-0.05, 0) is 25.8 Å². The summed E-state index contributed by atoms with van der Waals surface area (Å²) in [6.45, 7) is 7.49. The van der Waals surface area contributed by atoms with E-state index in [2.05, 4.69) is 35.4 Å². The lowest BCUT2D eigenvalue weighted by molar-refractivity contribution is -0.702. The number of nitrogens with zero attached hydrogens (tertiary/aromatic N) is 2. The lowest BCUT2D eigenvalue weighted by Gasteiger charge is -2.03. The first kappa shape index (κ1) is 19.2. The van der Waals surface area contributed by atoms with Crippen LogP contribution in [0.4, 0.5) is 0 Å². The summed E-state index contributed by atoms with van der Waals surface area (Å²) in [5.74, 6) is 1.37. The molecule has 0 atom stereocenters. The molecule has 0 radical (unpaired) electrons. The zero-order chi connectivity index (χ0) is 16.0. The molecular weight excluding hydrogens is 270 g/mol. The van der Waals surface area contributed by atoms with Crippen LogP contribution in [-0.2, 0) is 13.1 Å². The van der Waals surface area contributed by atoms with Crippen molar-refractivity contribution in [3.05, 3.63) is 18.2 Å². The monoisotopic (exact) mass is 308 g/mol. The summed E-state index contributed by atoms with van der Waals surface area (Å²) in [6.07, 6.45) is 19.5. The predicted octanol–water partition coefficient (Wildman–Crippen LogP) is 4.35. The van der Waals surface area contributed by atoms with Crippen molar-refractivity contribution in [3.8, 4) is 0 Å². The molecule has 3 nitrogen and oxygen atoms in total. The van der Waals surface area contributed by atoms with Crippen LogP contribution in [0.5, 0.6) is 0 Å². The summed E-state index contributed by atoms with van der Waals surface area (Å²) < 4.78 is 4.71. The highest BCUT2D eigenvalue weighted by atomic mass is 15.1. The van der Waals surface area contributed by atoms with Crippen LogP contribution in [0.1, 0.15) is 83.4 Å². The van der Waals surface area contributed by atoms with Crippen LogP contribution in [0.15, 0.2) is 12.4 Å². The summed E-state index contributed by atoms with van der Waals surface area (Å²) in [4.78, 5) is 0. The number of imidazole rings is 1. The van der Waals surface area contributed by atoms with E-state index in [0.717, 1.165) is 26.1 Å². The van der Waals surface area contributed by atoms with E-state index in [9.17, 15) is 0 Å². The van der Waals surface area contributed by atoms with Crippen molar-refractivity contribution in [2.24, 2.45) is 5.73 Å². The van der Waals surface area contributed by atoms with Gasteiger partial charge in [0.2, 0.25) is 0 Å². The van der Waals surface area contributed by atoms with E-state index in [0.29, 0.717) is 0 Å². The maximum absolute atomic E-state index is 5.59. The summed E-state index contributed by atoms with van der Waals surface area (Å²) in [7, 11) is 0. The summed E-state index contributed by atoms with van der Waals surface area (Å²) >= 11 is 0. The number of aromatic nitrogens is 2. The molecule has 128 valence electrons. The van der Waals surface area contributed by atoms with Crippen LogP contribution in [0.3, 0.4) is 0 Å². The van der Waals surface area contributed by atoms with E-state index >= 15 is 0 Å². The lowest BCUT2D eigenvalue weighted by Crippen LogP contribution is -2.36. The Kier molecular flexibility index (Phi) is 11.1. The third-order valence-corrected chi connectivity index (χ3v) is 4.61. The molecule has 1 aromatic rings. The minimum absolute atomic E-state index is 0.774. The van der Waals surface area contributed by atoms with Crippen LogP contribution in [-0.4, -0.2) is 11.1 Å². The van der Waals surface area contributed by atoms with Gasteiger partial charge in [-0.15, -0.1) is 0 Å². The van der Waals surface area contributed by atoms with Gasteiger partial charge in [-0.2, -0.15) is 0 Å². The van der Waals surface area contributed by atoms with Crippen molar-refractivity contribution in [1.82, 2.24) is 4.57 Å². The van der Waals surface area contributed by atoms with Gasteiger partial charge in [0.1, 0.15) is 12.4 Å². The van der Waals surface area contributed by atoms with Gasteiger partial charge < -0.3 is 5.73 Å². The van der Waals surface area contributed by atoms with Gasteiger partial charge in [-0.1, -0.05) is 58.3 Å². The molecule has 22 heavy (non-hydrogen) atoms. The molecule has 0 amide bonds. The van der Waals surface area contributed by atoms with Gasteiger partial charge in [0.15, 0.2) is 0 Å². The van der Waals surface area contributed by atoms with Crippen LogP contribution < -0.4 is 10.3 Å². The minimum Gasteiger partial charge on any atom is -0.330 e. The van der Waals surface area contributed by atoms with Crippen molar-refractivity contribution in [1.29, 1.82) is 0 Å². The molecule has 0 saturated heterocycles. The van der Waals surface area contributed by atoms with Crippen LogP contribution >= 0.6 is 0 Å². The van der Waals surface area contributed by atoms with Gasteiger partial charge in [0.05, 0.1) is 13.1 Å². The summed E-state index contributed by atoms with van der Waals surface area (Å²) in [5, 5.41) is 0. The topological polar surface area (TPSA) is 34.8 Å². The molecule has 0 spiro atoms. The first-order valence-electron chi connectivity index (χ1n) is 9.54. The smallest absolute Gasteiger partial charge is 0.253 e. The van der Waals surface area contributed by atoms with Crippen molar-refractivity contribution in [2.45, 2.75) is 97.6 Å². The average molecular weight is 309 g/mol. The first-order chi connectivity index (χ1) is 10.8. The fraction of sp³-hybridized carbons (Fsp3) is 0.842. The third-order valence-electron chi connectivity index (χ3n) is 4.61. The highest BCUT2D eigenvalue weighted by Gasteiger charge is 2.10. The largest absolute Gasteiger partial charge is 0.330 e. The fourth-order valence-electron chi connectivity index (χ4n) is 3.05. The molecule has 1 aromatic heterocycles. The summed E-state index contributed by atoms with van der Waals surface area (Å²) in [6, 6.07) is 0. The first-order valence-corrected chi connectivity index (χ1v) is 9.54. The molecular formula is C19H38N3+. The zero-order valence-electron chi connectivity index (χ0n) is 15.0. The van der Waals surface area contributed by atoms with Crippen LogP contribution in [0, 0.1) is 6.92 Å². The molecule has 0 aromatic carbocycles. The second kappa shape index (κ2) is 12.7. The maximum atomic E-state index is 5.59. The number of unbranched alkanes of at least 4 members (excludes halogenated alkanes) is 9. The summed E-state index contributed by atoms with van der Waals surface area (Å²) in [5.41, 5.74) is 5.59. The molecule has 0 aliphatic carbocycles. The van der Waals surface area contributed by atoms with Gasteiger partial charge in [-0.25, -0.2) is 9.13 Å². The molecule has 1 heterocycles. The second-order valence-electron chi connectivity index (χ2n) is 6.56. The number of hydrogen-bond acceptors (Lipinski definition) is 1. The Balaban J connectivity index is 2.01. The highest BCUT2D eigenvalue weighted by Crippen LogP contribution is 2.11. The van der Waals surface area contributed by atoms with Crippen LogP contribution in [0.25, 0.3) is 0 Å². The second-order valence-corrected chi connectivity index (χ2v) is 6.56. The van der Waals surface area contributed by atoms with E-state index < -0.39 is 0 Å². The number of rotatable bonds is 14. The Morgan fingerprint density at radius 1 is 0.909 bits per heavy atom. The van der Waals surface area contributed by atoms with E-state index in [4.69, 9.17) is 5.73 Å². The molecule has 1 rings (SSSR count). The van der Waals surface area contributed by atoms with Crippen molar-refractivity contribution in [2.75, 3.05) is 6.54 Å². The van der Waals surface area contributed by atoms with E-state index in [1.165, 1.54) is 70.0 Å². The van der Waals surface area contributed by atoms with Gasteiger partial charge in [0, 0.05) is 6.92 Å². The number of aryl methyl sites for hydroxylation is 2. The Morgan fingerprint density at radius 3 is 2.09 bits per heavy atom. The van der Waals surface area contributed by atoms with Gasteiger partial charge in [0.25, 0.3) is 5.82 Å². The molecule has 0 saturated carbocycles. The average Bonchev–Trinajstić information content (AvgIpc) is 2.87. The fourth-order valence-corrected chi connectivity index (χ4v) is 3.05. The minimum atomic E-state index is 0.774. The normalized spacial score (nSPS) is 11.2. The zero-order valence-corrected chi connectivity index (χ0v) is 15.0. The molecule has 0 aliphatic heterocycles. The van der Waals surface area contributed by atoms with Gasteiger partial charge >= 0.3 is 0 Å².